The lowest BCUT2D eigenvalue weighted by molar-refractivity contribution is -0.111. The number of amides is 1. The maximum Gasteiger partial charge on any atom is 0.248 e. The molecule has 3 N–H and O–H groups in total. The number of aryl methyl sites for hydroxylation is 1. The van der Waals surface area contributed by atoms with Crippen molar-refractivity contribution in [3.05, 3.63) is 42.0 Å². The smallest absolute Gasteiger partial charge is 0.248 e. The van der Waals surface area contributed by atoms with E-state index in [0.29, 0.717) is 6.54 Å². The van der Waals surface area contributed by atoms with Gasteiger partial charge in [-0.25, -0.2) is 0 Å². The lowest BCUT2D eigenvalue weighted by Gasteiger charge is -2.02. The molecule has 3 heteroatoms. The fourth-order valence-electron chi connectivity index (χ4n) is 1.08. The van der Waals surface area contributed by atoms with Crippen molar-refractivity contribution in [1.29, 1.82) is 0 Å². The Balaban J connectivity index is 2.60. The number of rotatable bonds is 3. The van der Waals surface area contributed by atoms with Crippen molar-refractivity contribution in [3.63, 3.8) is 0 Å². The van der Waals surface area contributed by atoms with Crippen LogP contribution in [0, 0.1) is 6.92 Å². The molecule has 0 aliphatic carbocycles. The molecule has 0 fully saturated rings. The van der Waals surface area contributed by atoms with E-state index in [9.17, 15) is 4.79 Å². The molecule has 1 aromatic rings. The van der Waals surface area contributed by atoms with Crippen LogP contribution in [0.5, 0.6) is 0 Å². The van der Waals surface area contributed by atoms with Gasteiger partial charge in [0.15, 0.2) is 0 Å². The van der Waals surface area contributed by atoms with Gasteiger partial charge in [-0.1, -0.05) is 18.2 Å². The largest absolute Gasteiger partial charge is 0.327 e. The second kappa shape index (κ2) is 5.19. The van der Waals surface area contributed by atoms with Crippen molar-refractivity contribution in [3.8, 4) is 0 Å². The monoisotopic (exact) mass is 190 g/mol. The number of nitrogens with two attached hydrogens (primary N) is 1. The molecule has 0 saturated heterocycles. The van der Waals surface area contributed by atoms with Gasteiger partial charge in [0.25, 0.3) is 0 Å². The molecule has 74 valence electrons. The first-order valence-corrected chi connectivity index (χ1v) is 4.46. The van der Waals surface area contributed by atoms with Crippen molar-refractivity contribution in [2.75, 3.05) is 11.9 Å². The van der Waals surface area contributed by atoms with Crippen LogP contribution in [0.1, 0.15) is 5.56 Å². The van der Waals surface area contributed by atoms with Crippen LogP contribution in [-0.2, 0) is 4.79 Å². The van der Waals surface area contributed by atoms with Gasteiger partial charge in [0, 0.05) is 18.3 Å². The zero-order chi connectivity index (χ0) is 10.4. The van der Waals surface area contributed by atoms with Crippen LogP contribution in [0.4, 0.5) is 5.69 Å². The Morgan fingerprint density at radius 2 is 2.36 bits per heavy atom. The average Bonchev–Trinajstić information content (AvgIpc) is 2.15. The number of benzene rings is 1. The third-order valence-electron chi connectivity index (χ3n) is 1.69. The minimum Gasteiger partial charge on any atom is -0.327 e. The molecular formula is C11H14N2O. The molecule has 0 aromatic heterocycles. The van der Waals surface area contributed by atoms with E-state index in [4.69, 9.17) is 5.73 Å². The second-order valence-corrected chi connectivity index (χ2v) is 3.00. The van der Waals surface area contributed by atoms with E-state index in [1.54, 1.807) is 6.08 Å². The quantitative estimate of drug-likeness (QED) is 0.709. The SMILES string of the molecule is Cc1cccc(NC(=O)/C=C/CN)c1. The first-order valence-electron chi connectivity index (χ1n) is 4.46. The highest BCUT2D eigenvalue weighted by molar-refractivity contribution is 5.99. The van der Waals surface area contributed by atoms with Crippen molar-refractivity contribution >= 4 is 11.6 Å². The molecule has 0 spiro atoms. The summed E-state index contributed by atoms with van der Waals surface area (Å²) in [4.78, 5) is 11.2. The fourth-order valence-corrected chi connectivity index (χ4v) is 1.08. The number of anilines is 1. The average molecular weight is 190 g/mol. The normalized spacial score (nSPS) is 10.4. The van der Waals surface area contributed by atoms with Crippen LogP contribution in [-0.4, -0.2) is 12.5 Å². The van der Waals surface area contributed by atoms with Crippen molar-refractivity contribution < 1.29 is 4.79 Å². The summed E-state index contributed by atoms with van der Waals surface area (Å²) in [6.07, 6.45) is 3.05. The lowest BCUT2D eigenvalue weighted by Crippen LogP contribution is -2.08. The Morgan fingerprint density at radius 1 is 1.57 bits per heavy atom. The summed E-state index contributed by atoms with van der Waals surface area (Å²) in [5.74, 6) is -0.152. The molecule has 0 aliphatic rings. The predicted molar refractivity (Wildman–Crippen MR) is 58.0 cm³/mol. The summed E-state index contributed by atoms with van der Waals surface area (Å²) in [7, 11) is 0. The van der Waals surface area contributed by atoms with Gasteiger partial charge in [-0.05, 0) is 24.6 Å². The van der Waals surface area contributed by atoms with Crippen LogP contribution in [0.25, 0.3) is 0 Å². The highest BCUT2D eigenvalue weighted by Gasteiger charge is 1.96. The molecule has 0 heterocycles. The Kier molecular flexibility index (Phi) is 3.88. The maximum absolute atomic E-state index is 11.2. The van der Waals surface area contributed by atoms with E-state index < -0.39 is 0 Å². The Morgan fingerprint density at radius 3 is 3.00 bits per heavy atom. The van der Waals surface area contributed by atoms with Crippen LogP contribution in [0.2, 0.25) is 0 Å². The van der Waals surface area contributed by atoms with Crippen molar-refractivity contribution in [2.24, 2.45) is 5.73 Å². The molecule has 1 aromatic carbocycles. The highest BCUT2D eigenvalue weighted by Crippen LogP contribution is 2.09. The van der Waals surface area contributed by atoms with Gasteiger partial charge in [-0.3, -0.25) is 4.79 Å². The summed E-state index contributed by atoms with van der Waals surface area (Å²) in [5, 5.41) is 2.74. The summed E-state index contributed by atoms with van der Waals surface area (Å²) < 4.78 is 0. The van der Waals surface area contributed by atoms with Gasteiger partial charge in [0.1, 0.15) is 0 Å². The Labute approximate surface area is 83.6 Å². The van der Waals surface area contributed by atoms with Gasteiger partial charge in [0.2, 0.25) is 5.91 Å². The number of hydrogen-bond donors (Lipinski definition) is 2. The Bertz CT molecular complexity index is 345. The second-order valence-electron chi connectivity index (χ2n) is 3.00. The van der Waals surface area contributed by atoms with Gasteiger partial charge in [-0.2, -0.15) is 0 Å². The van der Waals surface area contributed by atoms with Crippen molar-refractivity contribution in [2.45, 2.75) is 6.92 Å². The minimum atomic E-state index is -0.152. The topological polar surface area (TPSA) is 55.1 Å². The maximum atomic E-state index is 11.2. The van der Waals surface area contributed by atoms with Crippen molar-refractivity contribution in [1.82, 2.24) is 0 Å². The van der Waals surface area contributed by atoms with Gasteiger partial charge in [0.05, 0.1) is 0 Å². The summed E-state index contributed by atoms with van der Waals surface area (Å²) in [6.45, 7) is 2.35. The fraction of sp³-hybridized carbons (Fsp3) is 0.182. The molecule has 1 amide bonds. The first-order chi connectivity index (χ1) is 6.72. The lowest BCUT2D eigenvalue weighted by atomic mass is 10.2. The summed E-state index contributed by atoms with van der Waals surface area (Å²) >= 11 is 0. The Hall–Kier alpha value is -1.61. The number of hydrogen-bond acceptors (Lipinski definition) is 2. The van der Waals surface area contributed by atoms with E-state index in [0.717, 1.165) is 11.3 Å². The molecule has 14 heavy (non-hydrogen) atoms. The third-order valence-corrected chi connectivity index (χ3v) is 1.69. The summed E-state index contributed by atoms with van der Waals surface area (Å²) in [5.41, 5.74) is 7.15. The molecule has 3 nitrogen and oxygen atoms in total. The van der Waals surface area contributed by atoms with Crippen LogP contribution < -0.4 is 11.1 Å². The van der Waals surface area contributed by atoms with E-state index in [-0.39, 0.29) is 5.91 Å². The van der Waals surface area contributed by atoms with E-state index >= 15 is 0 Å². The number of carbonyl (C=O) groups is 1. The van der Waals surface area contributed by atoms with Gasteiger partial charge in [-0.15, -0.1) is 0 Å². The molecule has 0 aliphatic heterocycles. The predicted octanol–water partition coefficient (Wildman–Crippen LogP) is 1.45. The molecule has 0 saturated carbocycles. The molecule has 0 unspecified atom stereocenters. The molecule has 0 bridgehead atoms. The molecular weight excluding hydrogens is 176 g/mol. The number of nitrogens with one attached hydrogen (secondary N) is 1. The van der Waals surface area contributed by atoms with Crippen LogP contribution >= 0.6 is 0 Å². The molecule has 0 atom stereocenters. The molecule has 0 radical (unpaired) electrons. The van der Waals surface area contributed by atoms with Gasteiger partial charge >= 0.3 is 0 Å². The molecule has 1 rings (SSSR count). The van der Waals surface area contributed by atoms with Crippen LogP contribution in [0.15, 0.2) is 36.4 Å². The van der Waals surface area contributed by atoms with E-state index in [1.807, 2.05) is 31.2 Å². The van der Waals surface area contributed by atoms with Gasteiger partial charge < -0.3 is 11.1 Å². The van der Waals surface area contributed by atoms with E-state index in [1.165, 1.54) is 6.08 Å². The van der Waals surface area contributed by atoms with E-state index in [2.05, 4.69) is 5.32 Å². The third kappa shape index (κ3) is 3.41. The highest BCUT2D eigenvalue weighted by atomic mass is 16.1. The first kappa shape index (κ1) is 10.5. The zero-order valence-corrected chi connectivity index (χ0v) is 8.16. The standard InChI is InChI=1S/C11H14N2O/c1-9-4-2-5-10(8-9)13-11(14)6-3-7-12/h2-6,8H,7,12H2,1H3,(H,13,14)/b6-3+. The summed E-state index contributed by atoms with van der Waals surface area (Å²) in [6, 6.07) is 7.64. The van der Waals surface area contributed by atoms with Crippen LogP contribution in [0.3, 0.4) is 0 Å². The number of carbonyl (C=O) groups excluding carboxylic acids is 1. The minimum absolute atomic E-state index is 0.152. The zero-order valence-electron chi connectivity index (χ0n) is 8.16.